The third kappa shape index (κ3) is 4.45. The Bertz CT molecular complexity index is 840. The van der Waals surface area contributed by atoms with Crippen molar-refractivity contribution in [1.82, 2.24) is 9.29 Å². The number of hydrogen-bond donors (Lipinski definition) is 1. The van der Waals surface area contributed by atoms with Crippen LogP contribution in [0.1, 0.15) is 48.1 Å². The number of nitrogens with one attached hydrogen (secondary N) is 1. The number of piperidine rings is 1. The van der Waals surface area contributed by atoms with Crippen molar-refractivity contribution in [2.24, 2.45) is 0 Å². The lowest BCUT2D eigenvalue weighted by Gasteiger charge is -2.26. The van der Waals surface area contributed by atoms with E-state index in [2.05, 4.69) is 17.2 Å². The van der Waals surface area contributed by atoms with Gasteiger partial charge in [0.1, 0.15) is 0 Å². The van der Waals surface area contributed by atoms with Gasteiger partial charge in [0.05, 0.1) is 16.4 Å². The van der Waals surface area contributed by atoms with Gasteiger partial charge in [-0.1, -0.05) is 19.4 Å². The number of aryl methyl sites for hydroxylation is 2. The van der Waals surface area contributed by atoms with Crippen LogP contribution in [0, 0.1) is 6.92 Å². The highest BCUT2D eigenvalue weighted by molar-refractivity contribution is 7.89. The molecular weight excluding hydrogens is 366 g/mol. The van der Waals surface area contributed by atoms with E-state index in [1.54, 1.807) is 21.7 Å². The van der Waals surface area contributed by atoms with Gasteiger partial charge in [-0.25, -0.2) is 13.4 Å². The smallest absolute Gasteiger partial charge is 0.243 e. The molecule has 0 spiro atoms. The quantitative estimate of drug-likeness (QED) is 0.766. The molecular formula is C19H27N3O2S2. The molecule has 5 nitrogen and oxygen atoms in total. The largest absolute Gasteiger partial charge is 0.380 e. The molecule has 1 saturated heterocycles. The summed E-state index contributed by atoms with van der Waals surface area (Å²) >= 11 is 1.71. The van der Waals surface area contributed by atoms with Crippen LogP contribution in [0.4, 0.5) is 5.69 Å². The van der Waals surface area contributed by atoms with E-state index in [0.717, 1.165) is 53.2 Å². The van der Waals surface area contributed by atoms with Crippen LogP contribution < -0.4 is 5.32 Å². The summed E-state index contributed by atoms with van der Waals surface area (Å²) in [7, 11) is -3.42. The number of thiazole rings is 1. The van der Waals surface area contributed by atoms with Crippen molar-refractivity contribution in [2.75, 3.05) is 18.4 Å². The molecule has 1 fully saturated rings. The summed E-state index contributed by atoms with van der Waals surface area (Å²) in [4.78, 5) is 6.00. The fraction of sp³-hybridized carbons (Fsp3) is 0.526. The second-order valence-electron chi connectivity index (χ2n) is 6.77. The fourth-order valence-electron chi connectivity index (χ4n) is 3.18. The molecule has 0 aliphatic carbocycles. The molecule has 142 valence electrons. The second kappa shape index (κ2) is 8.50. The Hall–Kier alpha value is -1.44. The van der Waals surface area contributed by atoms with Gasteiger partial charge in [-0.05, 0) is 50.3 Å². The average Bonchev–Trinajstić information content (AvgIpc) is 3.09. The van der Waals surface area contributed by atoms with Crippen molar-refractivity contribution in [3.8, 4) is 0 Å². The molecule has 0 amide bonds. The summed E-state index contributed by atoms with van der Waals surface area (Å²) in [5.74, 6) is 0. The zero-order chi connectivity index (χ0) is 18.6. The van der Waals surface area contributed by atoms with Crippen molar-refractivity contribution < 1.29 is 8.42 Å². The molecule has 26 heavy (non-hydrogen) atoms. The van der Waals surface area contributed by atoms with Crippen LogP contribution in [0.3, 0.4) is 0 Å². The Morgan fingerprint density at radius 3 is 2.73 bits per heavy atom. The van der Waals surface area contributed by atoms with Crippen molar-refractivity contribution in [3.63, 3.8) is 0 Å². The minimum Gasteiger partial charge on any atom is -0.380 e. The van der Waals surface area contributed by atoms with E-state index in [0.29, 0.717) is 24.5 Å². The first kappa shape index (κ1) is 19.3. The fourth-order valence-corrected chi connectivity index (χ4v) is 5.91. The van der Waals surface area contributed by atoms with Crippen LogP contribution in [0.2, 0.25) is 0 Å². The summed E-state index contributed by atoms with van der Waals surface area (Å²) in [5.41, 5.74) is 1.63. The van der Waals surface area contributed by atoms with Gasteiger partial charge in [0, 0.05) is 29.9 Å². The molecule has 0 bridgehead atoms. The Balaban J connectivity index is 1.74. The topological polar surface area (TPSA) is 62.3 Å². The van der Waals surface area contributed by atoms with Crippen molar-refractivity contribution in [2.45, 2.75) is 57.4 Å². The second-order valence-corrected chi connectivity index (χ2v) is 9.87. The van der Waals surface area contributed by atoms with Gasteiger partial charge in [-0.2, -0.15) is 4.31 Å². The summed E-state index contributed by atoms with van der Waals surface area (Å²) < 4.78 is 27.6. The highest BCUT2D eigenvalue weighted by Crippen LogP contribution is 2.26. The average molecular weight is 394 g/mol. The Morgan fingerprint density at radius 1 is 1.23 bits per heavy atom. The van der Waals surface area contributed by atoms with E-state index in [9.17, 15) is 8.42 Å². The molecule has 0 saturated carbocycles. The highest BCUT2D eigenvalue weighted by atomic mass is 32.2. The van der Waals surface area contributed by atoms with Crippen LogP contribution in [0.15, 0.2) is 29.3 Å². The number of aromatic nitrogens is 1. The lowest BCUT2D eigenvalue weighted by atomic mass is 10.2. The molecule has 2 heterocycles. The number of sulfonamides is 1. The van der Waals surface area contributed by atoms with Gasteiger partial charge in [-0.3, -0.25) is 0 Å². The van der Waals surface area contributed by atoms with Crippen LogP contribution in [0.25, 0.3) is 0 Å². The van der Waals surface area contributed by atoms with Crippen LogP contribution >= 0.6 is 11.3 Å². The van der Waals surface area contributed by atoms with E-state index in [4.69, 9.17) is 0 Å². The molecule has 2 aromatic rings. The maximum absolute atomic E-state index is 13.0. The third-order valence-electron chi connectivity index (χ3n) is 4.65. The number of anilines is 1. The molecule has 3 rings (SSSR count). The van der Waals surface area contributed by atoms with Gasteiger partial charge in [0.2, 0.25) is 10.0 Å². The lowest BCUT2D eigenvalue weighted by molar-refractivity contribution is 0.346. The maximum atomic E-state index is 13.0. The molecule has 0 unspecified atom stereocenters. The SMILES string of the molecule is CCCc1ncc(CNc2ccc(C)c(S(=O)(=O)N3CCCCC3)c2)s1. The molecule has 1 aliphatic rings. The van der Waals surface area contributed by atoms with E-state index < -0.39 is 10.0 Å². The van der Waals surface area contributed by atoms with E-state index in [1.807, 2.05) is 25.3 Å². The Labute approximate surface area is 160 Å². The van der Waals surface area contributed by atoms with Gasteiger partial charge < -0.3 is 5.32 Å². The van der Waals surface area contributed by atoms with E-state index in [1.165, 1.54) is 0 Å². The first-order valence-corrected chi connectivity index (χ1v) is 11.5. The number of rotatable bonds is 7. The Morgan fingerprint density at radius 2 is 2.00 bits per heavy atom. The summed E-state index contributed by atoms with van der Waals surface area (Å²) in [6, 6.07) is 5.60. The van der Waals surface area contributed by atoms with Gasteiger partial charge in [-0.15, -0.1) is 11.3 Å². The number of benzene rings is 1. The summed E-state index contributed by atoms with van der Waals surface area (Å²) in [6.07, 6.45) is 7.01. The minimum absolute atomic E-state index is 0.417. The lowest BCUT2D eigenvalue weighted by Crippen LogP contribution is -2.36. The van der Waals surface area contributed by atoms with Gasteiger partial charge >= 0.3 is 0 Å². The Kier molecular flexibility index (Phi) is 6.32. The summed E-state index contributed by atoms with van der Waals surface area (Å²) in [6.45, 7) is 5.92. The van der Waals surface area contributed by atoms with Crippen LogP contribution in [0.5, 0.6) is 0 Å². The predicted molar refractivity (Wildman–Crippen MR) is 107 cm³/mol. The molecule has 7 heteroatoms. The van der Waals surface area contributed by atoms with Crippen molar-refractivity contribution >= 4 is 27.0 Å². The van der Waals surface area contributed by atoms with Crippen molar-refractivity contribution in [3.05, 3.63) is 39.8 Å². The molecule has 1 aromatic heterocycles. The van der Waals surface area contributed by atoms with Crippen LogP contribution in [-0.2, 0) is 23.0 Å². The number of hydrogen-bond acceptors (Lipinski definition) is 5. The molecule has 0 atom stereocenters. The zero-order valence-electron chi connectivity index (χ0n) is 15.5. The molecule has 0 radical (unpaired) electrons. The van der Waals surface area contributed by atoms with Crippen LogP contribution in [-0.4, -0.2) is 30.8 Å². The van der Waals surface area contributed by atoms with E-state index >= 15 is 0 Å². The van der Waals surface area contributed by atoms with Gasteiger partial charge in [0.25, 0.3) is 0 Å². The highest BCUT2D eigenvalue weighted by Gasteiger charge is 2.27. The van der Waals surface area contributed by atoms with E-state index in [-0.39, 0.29) is 0 Å². The molecule has 1 aliphatic heterocycles. The first-order chi connectivity index (χ1) is 12.5. The molecule has 1 aromatic carbocycles. The first-order valence-electron chi connectivity index (χ1n) is 9.29. The zero-order valence-corrected chi connectivity index (χ0v) is 17.1. The number of nitrogens with zero attached hydrogens (tertiary/aromatic N) is 2. The molecule has 1 N–H and O–H groups in total. The predicted octanol–water partition coefficient (Wildman–Crippen LogP) is 4.19. The van der Waals surface area contributed by atoms with Crippen molar-refractivity contribution in [1.29, 1.82) is 0 Å². The summed E-state index contributed by atoms with van der Waals surface area (Å²) in [5, 5.41) is 4.50. The monoisotopic (exact) mass is 393 g/mol. The standard InChI is InChI=1S/C19H27N3O2S2/c1-3-7-19-21-14-17(25-19)13-20-16-9-8-15(2)18(12-16)26(23,24)22-10-5-4-6-11-22/h8-9,12,14,20H,3-7,10-11,13H2,1-2H3. The third-order valence-corrected chi connectivity index (χ3v) is 7.75. The maximum Gasteiger partial charge on any atom is 0.243 e. The minimum atomic E-state index is -3.42. The van der Waals surface area contributed by atoms with Gasteiger partial charge in [0.15, 0.2) is 0 Å². The normalized spacial score (nSPS) is 15.9.